The number of amides is 1. The molecule has 1 amide bonds. The van der Waals surface area contributed by atoms with Crippen LogP contribution in [0.4, 0.5) is 5.13 Å². The molecule has 1 aromatic carbocycles. The van der Waals surface area contributed by atoms with Crippen LogP contribution >= 0.6 is 22.9 Å². The Morgan fingerprint density at radius 1 is 1.40 bits per heavy atom. The van der Waals surface area contributed by atoms with Crippen LogP contribution in [0.3, 0.4) is 0 Å². The van der Waals surface area contributed by atoms with Gasteiger partial charge < -0.3 is 10.1 Å². The maximum Gasteiger partial charge on any atom is 0.243 e. The fourth-order valence-electron chi connectivity index (χ4n) is 2.96. The van der Waals surface area contributed by atoms with Gasteiger partial charge in [0.2, 0.25) is 5.91 Å². The predicted octanol–water partition coefficient (Wildman–Crippen LogP) is 3.44. The Kier molecular flexibility index (Phi) is 6.42. The number of morpholine rings is 1. The summed E-state index contributed by atoms with van der Waals surface area (Å²) in [4.78, 5) is 20.2. The van der Waals surface area contributed by atoms with E-state index in [1.807, 2.05) is 31.2 Å². The Hall–Kier alpha value is -1.47. The van der Waals surface area contributed by atoms with Crippen LogP contribution in [0, 0.1) is 0 Å². The van der Waals surface area contributed by atoms with Crippen molar-refractivity contribution >= 4 is 34.0 Å². The Labute approximate surface area is 157 Å². The van der Waals surface area contributed by atoms with Crippen LogP contribution < -0.4 is 5.32 Å². The van der Waals surface area contributed by atoms with Crippen molar-refractivity contribution in [3.05, 3.63) is 45.9 Å². The van der Waals surface area contributed by atoms with Gasteiger partial charge >= 0.3 is 0 Å². The Morgan fingerprint density at radius 3 is 2.88 bits per heavy atom. The van der Waals surface area contributed by atoms with E-state index in [9.17, 15) is 4.79 Å². The molecule has 1 aromatic heterocycles. The summed E-state index contributed by atoms with van der Waals surface area (Å²) in [7, 11) is 0. The molecule has 0 aliphatic carbocycles. The quantitative estimate of drug-likeness (QED) is 0.835. The minimum absolute atomic E-state index is 0.00282. The van der Waals surface area contributed by atoms with E-state index in [4.69, 9.17) is 16.3 Å². The molecule has 0 radical (unpaired) electrons. The number of anilines is 1. The van der Waals surface area contributed by atoms with E-state index in [0.717, 1.165) is 35.0 Å². The highest BCUT2D eigenvalue weighted by Gasteiger charge is 2.26. The number of carbonyl (C=O) groups excluding carboxylic acids is 1. The maximum absolute atomic E-state index is 12.6. The van der Waals surface area contributed by atoms with Crippen molar-refractivity contribution in [3.63, 3.8) is 0 Å². The van der Waals surface area contributed by atoms with E-state index >= 15 is 0 Å². The van der Waals surface area contributed by atoms with Crippen molar-refractivity contribution in [2.75, 3.05) is 31.6 Å². The number of nitrogens with zero attached hydrogens (tertiary/aromatic N) is 2. The van der Waals surface area contributed by atoms with Gasteiger partial charge in [0.15, 0.2) is 5.13 Å². The van der Waals surface area contributed by atoms with Crippen molar-refractivity contribution in [2.45, 2.75) is 25.8 Å². The van der Waals surface area contributed by atoms with Gasteiger partial charge in [-0.2, -0.15) is 0 Å². The van der Waals surface area contributed by atoms with Crippen LogP contribution in [0.1, 0.15) is 23.8 Å². The molecule has 1 atom stereocenters. The summed E-state index contributed by atoms with van der Waals surface area (Å²) < 4.78 is 5.37. The van der Waals surface area contributed by atoms with E-state index in [1.54, 1.807) is 6.20 Å². The zero-order chi connectivity index (χ0) is 17.6. The minimum atomic E-state index is -0.139. The monoisotopic (exact) mass is 379 g/mol. The lowest BCUT2D eigenvalue weighted by atomic mass is 10.1. The van der Waals surface area contributed by atoms with Gasteiger partial charge in [-0.1, -0.05) is 36.7 Å². The van der Waals surface area contributed by atoms with Crippen LogP contribution in [-0.2, 0) is 16.0 Å². The molecule has 1 saturated heterocycles. The number of nitrogens with one attached hydrogen (secondary N) is 1. The molecule has 2 aromatic rings. The van der Waals surface area contributed by atoms with Crippen molar-refractivity contribution in [1.82, 2.24) is 9.88 Å². The number of rotatable bonds is 6. The van der Waals surface area contributed by atoms with Gasteiger partial charge in [-0.05, 0) is 18.1 Å². The minimum Gasteiger partial charge on any atom is -0.379 e. The van der Waals surface area contributed by atoms with E-state index in [1.165, 1.54) is 11.3 Å². The molecular formula is C18H22ClN3O2S. The first-order chi connectivity index (χ1) is 12.2. The van der Waals surface area contributed by atoms with Crippen LogP contribution in [-0.4, -0.2) is 48.1 Å². The topological polar surface area (TPSA) is 54.5 Å². The van der Waals surface area contributed by atoms with Gasteiger partial charge in [0.05, 0.1) is 19.3 Å². The molecule has 5 nitrogen and oxygen atoms in total. The van der Waals surface area contributed by atoms with Crippen LogP contribution in [0.2, 0.25) is 5.02 Å². The lowest BCUT2D eigenvalue weighted by Crippen LogP contribution is -2.48. The smallest absolute Gasteiger partial charge is 0.243 e. The summed E-state index contributed by atoms with van der Waals surface area (Å²) in [6, 6.07) is 7.64. The molecule has 134 valence electrons. The second-order valence-corrected chi connectivity index (χ2v) is 7.48. The Balaban J connectivity index is 1.62. The molecule has 0 bridgehead atoms. The summed E-state index contributed by atoms with van der Waals surface area (Å²) >= 11 is 7.70. The molecule has 1 aliphatic heterocycles. The average Bonchev–Trinajstić information content (AvgIpc) is 3.05. The van der Waals surface area contributed by atoms with Crippen molar-refractivity contribution in [1.29, 1.82) is 0 Å². The SMILES string of the molecule is CCC(C(=O)Nc1ncc(Cc2ccccc2Cl)s1)N1CCOCC1. The third-order valence-electron chi connectivity index (χ3n) is 4.28. The summed E-state index contributed by atoms with van der Waals surface area (Å²) in [6.07, 6.45) is 3.29. The fraction of sp³-hybridized carbons (Fsp3) is 0.444. The van der Waals surface area contributed by atoms with Crippen molar-refractivity contribution in [2.24, 2.45) is 0 Å². The molecular weight excluding hydrogens is 358 g/mol. The van der Waals surface area contributed by atoms with E-state index in [2.05, 4.69) is 15.2 Å². The number of thiazole rings is 1. The molecule has 3 rings (SSSR count). The van der Waals surface area contributed by atoms with Gasteiger partial charge in [0.25, 0.3) is 0 Å². The molecule has 1 fully saturated rings. The highest BCUT2D eigenvalue weighted by molar-refractivity contribution is 7.15. The zero-order valence-electron chi connectivity index (χ0n) is 14.2. The highest BCUT2D eigenvalue weighted by atomic mass is 35.5. The van der Waals surface area contributed by atoms with Crippen molar-refractivity contribution in [3.8, 4) is 0 Å². The van der Waals surface area contributed by atoms with Gasteiger partial charge in [-0.25, -0.2) is 4.98 Å². The van der Waals surface area contributed by atoms with Crippen LogP contribution in [0.15, 0.2) is 30.5 Å². The van der Waals surface area contributed by atoms with E-state index in [-0.39, 0.29) is 11.9 Å². The lowest BCUT2D eigenvalue weighted by Gasteiger charge is -2.32. The third-order valence-corrected chi connectivity index (χ3v) is 5.56. The van der Waals surface area contributed by atoms with Crippen LogP contribution in [0.5, 0.6) is 0 Å². The van der Waals surface area contributed by atoms with Gasteiger partial charge in [0.1, 0.15) is 0 Å². The second-order valence-electron chi connectivity index (χ2n) is 5.96. The van der Waals surface area contributed by atoms with Gasteiger partial charge in [-0.15, -0.1) is 11.3 Å². The normalized spacial score (nSPS) is 16.6. The molecule has 2 heterocycles. The number of hydrogen-bond acceptors (Lipinski definition) is 5. The third kappa shape index (κ3) is 4.79. The zero-order valence-corrected chi connectivity index (χ0v) is 15.8. The number of halogens is 1. The summed E-state index contributed by atoms with van der Waals surface area (Å²) in [5.74, 6) is 0.00282. The van der Waals surface area contributed by atoms with E-state index < -0.39 is 0 Å². The van der Waals surface area contributed by atoms with Crippen molar-refractivity contribution < 1.29 is 9.53 Å². The average molecular weight is 380 g/mol. The molecule has 25 heavy (non-hydrogen) atoms. The Morgan fingerprint density at radius 2 is 2.16 bits per heavy atom. The largest absolute Gasteiger partial charge is 0.379 e. The first-order valence-electron chi connectivity index (χ1n) is 8.48. The number of carbonyl (C=O) groups is 1. The molecule has 1 N–H and O–H groups in total. The number of hydrogen-bond donors (Lipinski definition) is 1. The van der Waals surface area contributed by atoms with Crippen LogP contribution in [0.25, 0.3) is 0 Å². The molecule has 7 heteroatoms. The summed E-state index contributed by atoms with van der Waals surface area (Å²) in [5.41, 5.74) is 1.06. The molecule has 1 unspecified atom stereocenters. The standard InChI is InChI=1S/C18H22ClN3O2S/c1-2-16(22-7-9-24-10-8-22)17(23)21-18-20-12-14(25-18)11-13-5-3-4-6-15(13)19/h3-6,12,16H,2,7-11H2,1H3,(H,20,21,23). The lowest BCUT2D eigenvalue weighted by molar-refractivity contribution is -0.123. The summed E-state index contributed by atoms with van der Waals surface area (Å²) in [5, 5.41) is 4.35. The number of ether oxygens (including phenoxy) is 1. The second kappa shape index (κ2) is 8.76. The molecule has 1 aliphatic rings. The number of benzene rings is 1. The van der Waals surface area contributed by atoms with Gasteiger partial charge in [0, 0.05) is 35.6 Å². The fourth-order valence-corrected chi connectivity index (χ4v) is 4.00. The highest BCUT2D eigenvalue weighted by Crippen LogP contribution is 2.25. The molecule has 0 saturated carbocycles. The predicted molar refractivity (Wildman–Crippen MR) is 101 cm³/mol. The van der Waals surface area contributed by atoms with E-state index in [0.29, 0.717) is 24.8 Å². The first-order valence-corrected chi connectivity index (χ1v) is 9.67. The molecule has 0 spiro atoms. The Bertz CT molecular complexity index is 716. The first kappa shape index (κ1) is 18.3. The maximum atomic E-state index is 12.6. The summed E-state index contributed by atoms with van der Waals surface area (Å²) in [6.45, 7) is 4.99. The van der Waals surface area contributed by atoms with Gasteiger partial charge in [-0.3, -0.25) is 9.69 Å². The number of aromatic nitrogens is 1.